The normalized spacial score (nSPS) is 16.5. The van der Waals surface area contributed by atoms with E-state index in [9.17, 15) is 9.59 Å². The van der Waals surface area contributed by atoms with Crippen LogP contribution in [-0.2, 0) is 10.2 Å². The van der Waals surface area contributed by atoms with E-state index >= 15 is 0 Å². The largest absolute Gasteiger partial charge is 0.356 e. The Labute approximate surface area is 142 Å². The SMILES string of the molecule is CC(=O)NCC1CCN(C(=O)c2sc(C(C)(C)C)nc2C)CC1. The van der Waals surface area contributed by atoms with Crippen molar-refractivity contribution in [2.24, 2.45) is 5.92 Å². The van der Waals surface area contributed by atoms with Crippen molar-refractivity contribution >= 4 is 23.2 Å². The molecule has 23 heavy (non-hydrogen) atoms. The molecule has 0 aromatic carbocycles. The molecule has 1 aliphatic heterocycles. The van der Waals surface area contributed by atoms with E-state index in [1.165, 1.54) is 18.3 Å². The molecule has 0 saturated carbocycles. The van der Waals surface area contributed by atoms with Crippen LogP contribution in [0.4, 0.5) is 0 Å². The average molecular weight is 337 g/mol. The van der Waals surface area contributed by atoms with Gasteiger partial charge in [-0.15, -0.1) is 11.3 Å². The Morgan fingerprint density at radius 1 is 1.30 bits per heavy atom. The molecule has 2 heterocycles. The quantitative estimate of drug-likeness (QED) is 0.922. The summed E-state index contributed by atoms with van der Waals surface area (Å²) in [6, 6.07) is 0. The van der Waals surface area contributed by atoms with E-state index in [1.54, 1.807) is 0 Å². The van der Waals surface area contributed by atoms with E-state index < -0.39 is 0 Å². The van der Waals surface area contributed by atoms with E-state index in [0.717, 1.165) is 41.5 Å². The number of hydrogen-bond acceptors (Lipinski definition) is 4. The van der Waals surface area contributed by atoms with E-state index in [1.807, 2.05) is 11.8 Å². The minimum absolute atomic E-state index is 0.0125. The van der Waals surface area contributed by atoms with Gasteiger partial charge in [-0.3, -0.25) is 9.59 Å². The highest BCUT2D eigenvalue weighted by Crippen LogP contribution is 2.30. The van der Waals surface area contributed by atoms with Gasteiger partial charge in [0.2, 0.25) is 5.91 Å². The highest BCUT2D eigenvalue weighted by atomic mass is 32.1. The number of carbonyl (C=O) groups excluding carboxylic acids is 2. The molecule has 1 aromatic heterocycles. The monoisotopic (exact) mass is 337 g/mol. The fourth-order valence-electron chi connectivity index (χ4n) is 2.69. The van der Waals surface area contributed by atoms with Crippen molar-refractivity contribution in [1.82, 2.24) is 15.2 Å². The molecule has 0 radical (unpaired) electrons. The molecule has 0 bridgehead atoms. The number of amides is 2. The van der Waals surface area contributed by atoms with Gasteiger partial charge < -0.3 is 10.2 Å². The van der Waals surface area contributed by atoms with Crippen LogP contribution < -0.4 is 5.32 Å². The Kier molecular flexibility index (Phi) is 5.45. The lowest BCUT2D eigenvalue weighted by atomic mass is 9.96. The molecular weight excluding hydrogens is 310 g/mol. The molecule has 0 unspecified atom stereocenters. The fraction of sp³-hybridized carbons (Fsp3) is 0.706. The predicted molar refractivity (Wildman–Crippen MR) is 92.9 cm³/mol. The maximum atomic E-state index is 12.8. The molecule has 0 aliphatic carbocycles. The number of piperidine rings is 1. The standard InChI is InChI=1S/C17H27N3O2S/c1-11-14(23-16(19-11)17(3,4)5)15(22)20-8-6-13(7-9-20)10-18-12(2)21/h13H,6-10H2,1-5H3,(H,18,21). The zero-order valence-electron chi connectivity index (χ0n) is 14.7. The van der Waals surface area contributed by atoms with Gasteiger partial charge in [0.15, 0.2) is 0 Å². The summed E-state index contributed by atoms with van der Waals surface area (Å²) in [4.78, 5) is 31.0. The summed E-state index contributed by atoms with van der Waals surface area (Å²) < 4.78 is 0. The molecule has 6 heteroatoms. The van der Waals surface area contributed by atoms with Crippen LogP contribution >= 0.6 is 11.3 Å². The number of likely N-dealkylation sites (tertiary alicyclic amines) is 1. The molecule has 128 valence electrons. The molecule has 0 spiro atoms. The Bertz CT molecular complexity index is 581. The van der Waals surface area contributed by atoms with Crippen molar-refractivity contribution in [3.05, 3.63) is 15.6 Å². The Balaban J connectivity index is 1.97. The van der Waals surface area contributed by atoms with Crippen molar-refractivity contribution in [3.63, 3.8) is 0 Å². The molecule has 1 aliphatic rings. The van der Waals surface area contributed by atoms with Gasteiger partial charge in [0.05, 0.1) is 10.7 Å². The zero-order valence-corrected chi connectivity index (χ0v) is 15.5. The Morgan fingerprint density at radius 3 is 2.39 bits per heavy atom. The third kappa shape index (κ3) is 4.53. The highest BCUT2D eigenvalue weighted by Gasteiger charge is 2.28. The summed E-state index contributed by atoms with van der Waals surface area (Å²) in [5.41, 5.74) is 0.810. The zero-order chi connectivity index (χ0) is 17.2. The van der Waals surface area contributed by atoms with Gasteiger partial charge in [0.1, 0.15) is 4.88 Å². The summed E-state index contributed by atoms with van der Waals surface area (Å²) in [6.07, 6.45) is 1.88. The van der Waals surface area contributed by atoms with Gasteiger partial charge in [0, 0.05) is 32.0 Å². The van der Waals surface area contributed by atoms with E-state index in [0.29, 0.717) is 12.5 Å². The van der Waals surface area contributed by atoms with Crippen LogP contribution in [0.2, 0.25) is 0 Å². The van der Waals surface area contributed by atoms with Crippen LogP contribution in [0.1, 0.15) is 60.9 Å². The molecule has 1 fully saturated rings. The highest BCUT2D eigenvalue weighted by molar-refractivity contribution is 7.14. The minimum atomic E-state index is -0.0285. The summed E-state index contributed by atoms with van der Waals surface area (Å²) in [7, 11) is 0. The van der Waals surface area contributed by atoms with Crippen molar-refractivity contribution in [3.8, 4) is 0 Å². The molecule has 1 aromatic rings. The molecule has 1 N–H and O–H groups in total. The van der Waals surface area contributed by atoms with Gasteiger partial charge in [-0.2, -0.15) is 0 Å². The lowest BCUT2D eigenvalue weighted by Gasteiger charge is -2.31. The second kappa shape index (κ2) is 6.99. The van der Waals surface area contributed by atoms with Gasteiger partial charge in [-0.05, 0) is 25.7 Å². The number of nitrogens with one attached hydrogen (secondary N) is 1. The third-order valence-electron chi connectivity index (χ3n) is 4.17. The number of thiazole rings is 1. The first-order chi connectivity index (χ1) is 10.7. The number of hydrogen-bond donors (Lipinski definition) is 1. The molecular formula is C17H27N3O2S. The molecule has 1 saturated heterocycles. The summed E-state index contributed by atoms with van der Waals surface area (Å²) in [5.74, 6) is 0.586. The number of aromatic nitrogens is 1. The van der Waals surface area contributed by atoms with Gasteiger partial charge in [-0.1, -0.05) is 20.8 Å². The maximum absolute atomic E-state index is 12.8. The summed E-state index contributed by atoms with van der Waals surface area (Å²) in [5, 5.41) is 3.88. The van der Waals surface area contributed by atoms with Gasteiger partial charge in [-0.25, -0.2) is 4.98 Å². The van der Waals surface area contributed by atoms with Crippen LogP contribution in [0.5, 0.6) is 0 Å². The summed E-state index contributed by atoms with van der Waals surface area (Å²) in [6.45, 7) is 12.0. The van der Waals surface area contributed by atoms with Crippen molar-refractivity contribution in [1.29, 1.82) is 0 Å². The molecule has 2 rings (SSSR count). The minimum Gasteiger partial charge on any atom is -0.356 e. The second-order valence-corrected chi connectivity index (χ2v) is 8.36. The molecule has 2 amide bonds. The Morgan fingerprint density at radius 2 is 1.91 bits per heavy atom. The predicted octanol–water partition coefficient (Wildman–Crippen LogP) is 2.74. The van der Waals surface area contributed by atoms with Gasteiger partial charge in [0.25, 0.3) is 5.91 Å². The summed E-state index contributed by atoms with van der Waals surface area (Å²) >= 11 is 1.52. The van der Waals surface area contributed by atoms with Crippen molar-refractivity contribution < 1.29 is 9.59 Å². The third-order valence-corrected chi connectivity index (χ3v) is 5.75. The van der Waals surface area contributed by atoms with Crippen molar-refractivity contribution in [2.45, 2.75) is 52.9 Å². The number of nitrogens with zero attached hydrogens (tertiary/aromatic N) is 2. The maximum Gasteiger partial charge on any atom is 0.265 e. The Hall–Kier alpha value is -1.43. The van der Waals surface area contributed by atoms with Crippen LogP contribution in [-0.4, -0.2) is 41.3 Å². The van der Waals surface area contributed by atoms with Crippen LogP contribution in [0.25, 0.3) is 0 Å². The van der Waals surface area contributed by atoms with Gasteiger partial charge >= 0.3 is 0 Å². The molecule has 5 nitrogen and oxygen atoms in total. The van der Waals surface area contributed by atoms with E-state index in [4.69, 9.17) is 0 Å². The topological polar surface area (TPSA) is 62.3 Å². The van der Waals surface area contributed by atoms with E-state index in [2.05, 4.69) is 31.1 Å². The number of carbonyl (C=O) groups is 2. The van der Waals surface area contributed by atoms with Crippen molar-refractivity contribution in [2.75, 3.05) is 19.6 Å². The van der Waals surface area contributed by atoms with Crippen LogP contribution in [0.15, 0.2) is 0 Å². The first-order valence-corrected chi connectivity index (χ1v) is 9.01. The average Bonchev–Trinajstić information content (AvgIpc) is 2.87. The van der Waals surface area contributed by atoms with Crippen LogP contribution in [0, 0.1) is 12.8 Å². The van der Waals surface area contributed by atoms with Crippen LogP contribution in [0.3, 0.4) is 0 Å². The lowest BCUT2D eigenvalue weighted by molar-refractivity contribution is -0.119. The number of aryl methyl sites for hydroxylation is 1. The smallest absolute Gasteiger partial charge is 0.265 e. The first-order valence-electron chi connectivity index (χ1n) is 8.20. The molecule has 0 atom stereocenters. The van der Waals surface area contributed by atoms with E-state index in [-0.39, 0.29) is 17.2 Å². The lowest BCUT2D eigenvalue weighted by Crippen LogP contribution is -2.41. The first kappa shape index (κ1) is 17.9. The fourth-order valence-corrected chi connectivity index (χ4v) is 3.78. The second-order valence-electron chi connectivity index (χ2n) is 7.36. The number of rotatable bonds is 3.